The van der Waals surface area contributed by atoms with E-state index >= 15 is 0 Å². The lowest BCUT2D eigenvalue weighted by Gasteiger charge is -2.20. The average Bonchev–Trinajstić information content (AvgIpc) is 3.38. The molecule has 0 spiro atoms. The number of tetrazole rings is 1. The SMILES string of the molecule is CC(NC(=O)C(Cc1ccccc1)n1cnnn1)c1ccc(NC(=O)c2ccc(F)cc2)cc1. The molecule has 4 rings (SSSR count). The minimum absolute atomic E-state index is 0.211. The number of nitrogens with zero attached hydrogens (tertiary/aromatic N) is 4. The summed E-state index contributed by atoms with van der Waals surface area (Å²) < 4.78 is 14.5. The molecule has 0 aliphatic rings. The van der Waals surface area contributed by atoms with Crippen LogP contribution in [0.15, 0.2) is 85.2 Å². The van der Waals surface area contributed by atoms with E-state index < -0.39 is 11.9 Å². The number of nitrogens with one attached hydrogen (secondary N) is 2. The Morgan fingerprint density at radius 2 is 1.68 bits per heavy atom. The van der Waals surface area contributed by atoms with Gasteiger partial charge in [0.2, 0.25) is 5.91 Å². The number of carbonyl (C=O) groups is 2. The fourth-order valence-corrected chi connectivity index (χ4v) is 3.51. The van der Waals surface area contributed by atoms with Gasteiger partial charge in [-0.2, -0.15) is 0 Å². The second kappa shape index (κ2) is 10.5. The molecule has 2 N–H and O–H groups in total. The first kappa shape index (κ1) is 22.8. The molecule has 0 saturated carbocycles. The summed E-state index contributed by atoms with van der Waals surface area (Å²) in [7, 11) is 0. The summed E-state index contributed by atoms with van der Waals surface area (Å²) >= 11 is 0. The van der Waals surface area contributed by atoms with E-state index in [2.05, 4.69) is 26.2 Å². The molecule has 3 aromatic carbocycles. The van der Waals surface area contributed by atoms with Gasteiger partial charge < -0.3 is 10.6 Å². The van der Waals surface area contributed by atoms with Gasteiger partial charge in [-0.25, -0.2) is 9.07 Å². The number of amides is 2. The van der Waals surface area contributed by atoms with Crippen LogP contribution in [0.25, 0.3) is 0 Å². The van der Waals surface area contributed by atoms with E-state index in [4.69, 9.17) is 0 Å². The highest BCUT2D eigenvalue weighted by Crippen LogP contribution is 2.19. The first-order chi connectivity index (χ1) is 16.5. The van der Waals surface area contributed by atoms with Crippen LogP contribution in [0.5, 0.6) is 0 Å². The molecule has 0 aliphatic carbocycles. The molecule has 2 amide bonds. The number of halogens is 1. The van der Waals surface area contributed by atoms with Crippen molar-refractivity contribution in [2.24, 2.45) is 0 Å². The number of aromatic nitrogens is 4. The standard InChI is InChI=1S/C25H23FN6O2/c1-17(19-9-13-22(14-10-19)29-24(33)20-7-11-21(26)12-8-20)28-25(34)23(32-16-27-30-31-32)15-18-5-3-2-4-6-18/h2-14,16-17,23H,15H2,1H3,(H,28,34)(H,29,33). The molecule has 0 saturated heterocycles. The van der Waals surface area contributed by atoms with Crippen molar-refractivity contribution in [3.63, 3.8) is 0 Å². The third-order valence-corrected chi connectivity index (χ3v) is 5.39. The molecule has 0 bridgehead atoms. The van der Waals surface area contributed by atoms with Crippen molar-refractivity contribution in [2.45, 2.75) is 25.4 Å². The minimum Gasteiger partial charge on any atom is -0.348 e. The summed E-state index contributed by atoms with van der Waals surface area (Å²) in [6.45, 7) is 1.88. The molecule has 8 nitrogen and oxygen atoms in total. The summed E-state index contributed by atoms with van der Waals surface area (Å²) in [6.07, 6.45) is 1.87. The van der Waals surface area contributed by atoms with E-state index in [1.165, 1.54) is 35.3 Å². The second-order valence-corrected chi connectivity index (χ2v) is 7.81. The summed E-state index contributed by atoms with van der Waals surface area (Å²) in [4.78, 5) is 25.4. The Labute approximate surface area is 195 Å². The van der Waals surface area contributed by atoms with Gasteiger partial charge in [0, 0.05) is 17.7 Å². The molecule has 1 aromatic heterocycles. The molecule has 2 unspecified atom stereocenters. The first-order valence-electron chi connectivity index (χ1n) is 10.7. The number of hydrogen-bond acceptors (Lipinski definition) is 5. The van der Waals surface area contributed by atoms with Crippen LogP contribution in [0.1, 0.15) is 40.5 Å². The van der Waals surface area contributed by atoms with Crippen LogP contribution in [0, 0.1) is 5.82 Å². The van der Waals surface area contributed by atoms with Gasteiger partial charge in [-0.15, -0.1) is 5.10 Å². The number of carbonyl (C=O) groups excluding carboxylic acids is 2. The lowest BCUT2D eigenvalue weighted by atomic mass is 10.0. The van der Waals surface area contributed by atoms with Crippen molar-refractivity contribution in [1.82, 2.24) is 25.5 Å². The molecule has 0 aliphatic heterocycles. The quantitative estimate of drug-likeness (QED) is 0.419. The molecule has 4 aromatic rings. The highest BCUT2D eigenvalue weighted by molar-refractivity contribution is 6.04. The Kier molecular flexibility index (Phi) is 7.02. The normalized spacial score (nSPS) is 12.5. The third kappa shape index (κ3) is 5.69. The number of benzene rings is 3. The van der Waals surface area contributed by atoms with E-state index in [1.54, 1.807) is 12.1 Å². The summed E-state index contributed by atoms with van der Waals surface area (Å²) in [6, 6.07) is 21.3. The van der Waals surface area contributed by atoms with E-state index in [0.717, 1.165) is 11.1 Å². The lowest BCUT2D eigenvalue weighted by molar-refractivity contribution is -0.125. The van der Waals surface area contributed by atoms with Gasteiger partial charge in [0.15, 0.2) is 0 Å². The zero-order chi connectivity index (χ0) is 23.9. The predicted molar refractivity (Wildman–Crippen MR) is 124 cm³/mol. The summed E-state index contributed by atoms with van der Waals surface area (Å²) in [5.41, 5.74) is 2.81. The topological polar surface area (TPSA) is 102 Å². The Morgan fingerprint density at radius 3 is 2.32 bits per heavy atom. The van der Waals surface area contributed by atoms with Crippen molar-refractivity contribution < 1.29 is 14.0 Å². The van der Waals surface area contributed by atoms with Crippen LogP contribution in [0.3, 0.4) is 0 Å². The second-order valence-electron chi connectivity index (χ2n) is 7.81. The Bertz CT molecular complexity index is 1230. The minimum atomic E-state index is -0.603. The average molecular weight is 458 g/mol. The Balaban J connectivity index is 1.40. The maximum atomic E-state index is 13.1. The van der Waals surface area contributed by atoms with Crippen LogP contribution in [0.2, 0.25) is 0 Å². The molecular formula is C25H23FN6O2. The van der Waals surface area contributed by atoms with Crippen LogP contribution in [-0.2, 0) is 11.2 Å². The zero-order valence-electron chi connectivity index (χ0n) is 18.4. The monoisotopic (exact) mass is 458 g/mol. The first-order valence-corrected chi connectivity index (χ1v) is 10.7. The molecule has 1 heterocycles. The van der Waals surface area contributed by atoms with Gasteiger partial charge in [-0.1, -0.05) is 42.5 Å². The van der Waals surface area contributed by atoms with E-state index in [1.807, 2.05) is 49.4 Å². The van der Waals surface area contributed by atoms with Crippen molar-refractivity contribution in [3.05, 3.63) is 108 Å². The van der Waals surface area contributed by atoms with Gasteiger partial charge in [0.1, 0.15) is 18.2 Å². The molecule has 0 radical (unpaired) electrons. The zero-order valence-corrected chi connectivity index (χ0v) is 18.4. The van der Waals surface area contributed by atoms with Crippen LogP contribution in [0.4, 0.5) is 10.1 Å². The van der Waals surface area contributed by atoms with Crippen molar-refractivity contribution >= 4 is 17.5 Å². The van der Waals surface area contributed by atoms with E-state index in [0.29, 0.717) is 17.7 Å². The van der Waals surface area contributed by atoms with Gasteiger partial charge in [0.25, 0.3) is 5.91 Å². The largest absolute Gasteiger partial charge is 0.348 e. The van der Waals surface area contributed by atoms with Gasteiger partial charge in [-0.3, -0.25) is 9.59 Å². The molecule has 9 heteroatoms. The number of anilines is 1. The Hall–Kier alpha value is -4.40. The molecule has 0 fully saturated rings. The van der Waals surface area contributed by atoms with Crippen molar-refractivity contribution in [3.8, 4) is 0 Å². The fraction of sp³-hybridized carbons (Fsp3) is 0.160. The highest BCUT2D eigenvalue weighted by atomic mass is 19.1. The van der Waals surface area contributed by atoms with E-state index in [9.17, 15) is 14.0 Å². The summed E-state index contributed by atoms with van der Waals surface area (Å²) in [5, 5.41) is 17.0. The van der Waals surface area contributed by atoms with Crippen LogP contribution in [-0.4, -0.2) is 32.0 Å². The fourth-order valence-electron chi connectivity index (χ4n) is 3.51. The maximum absolute atomic E-state index is 13.1. The lowest BCUT2D eigenvalue weighted by Crippen LogP contribution is -2.35. The van der Waals surface area contributed by atoms with Crippen LogP contribution >= 0.6 is 0 Å². The predicted octanol–water partition coefficient (Wildman–Crippen LogP) is 3.73. The molecule has 2 atom stereocenters. The summed E-state index contributed by atoms with van der Waals surface area (Å²) in [5.74, 6) is -0.945. The highest BCUT2D eigenvalue weighted by Gasteiger charge is 2.24. The maximum Gasteiger partial charge on any atom is 0.255 e. The molecule has 34 heavy (non-hydrogen) atoms. The smallest absolute Gasteiger partial charge is 0.255 e. The van der Waals surface area contributed by atoms with Gasteiger partial charge in [0.05, 0.1) is 6.04 Å². The van der Waals surface area contributed by atoms with Crippen LogP contribution < -0.4 is 10.6 Å². The Morgan fingerprint density at radius 1 is 0.971 bits per heavy atom. The number of rotatable bonds is 8. The molecular weight excluding hydrogens is 435 g/mol. The van der Waals surface area contributed by atoms with Crippen molar-refractivity contribution in [1.29, 1.82) is 0 Å². The van der Waals surface area contributed by atoms with E-state index in [-0.39, 0.29) is 17.9 Å². The van der Waals surface area contributed by atoms with Crippen molar-refractivity contribution in [2.75, 3.05) is 5.32 Å². The number of hydrogen-bond donors (Lipinski definition) is 2. The van der Waals surface area contributed by atoms with Gasteiger partial charge in [-0.05, 0) is 64.9 Å². The molecule has 172 valence electrons. The third-order valence-electron chi connectivity index (χ3n) is 5.39. The van der Waals surface area contributed by atoms with Gasteiger partial charge >= 0.3 is 0 Å².